The molecular formula is C15H19N3O6. The summed E-state index contributed by atoms with van der Waals surface area (Å²) in [5, 5.41) is 15.3. The van der Waals surface area contributed by atoms with Crippen LogP contribution in [0.25, 0.3) is 0 Å². The summed E-state index contributed by atoms with van der Waals surface area (Å²) in [7, 11) is 0. The Kier molecular flexibility index (Phi) is 7.76. The van der Waals surface area contributed by atoms with Gasteiger partial charge in [0.2, 0.25) is 11.8 Å². The maximum atomic E-state index is 11.5. The molecule has 9 heteroatoms. The Morgan fingerprint density at radius 1 is 1.04 bits per heavy atom. The minimum absolute atomic E-state index is 0.0732. The molecule has 9 nitrogen and oxygen atoms in total. The molecule has 1 atom stereocenters. The van der Waals surface area contributed by atoms with Crippen molar-refractivity contribution in [2.24, 2.45) is 0 Å². The second-order valence-electron chi connectivity index (χ2n) is 4.82. The van der Waals surface area contributed by atoms with Gasteiger partial charge in [0.25, 0.3) is 0 Å². The third-order valence-corrected chi connectivity index (χ3v) is 2.80. The first kappa shape index (κ1) is 18.9. The highest BCUT2D eigenvalue weighted by Crippen LogP contribution is 2.00. The summed E-state index contributed by atoms with van der Waals surface area (Å²) in [4.78, 5) is 44.8. The number of ether oxygens (including phenoxy) is 1. The van der Waals surface area contributed by atoms with E-state index in [2.05, 4.69) is 16.0 Å². The number of hydrogen-bond acceptors (Lipinski definition) is 5. The molecule has 0 spiro atoms. The van der Waals surface area contributed by atoms with Gasteiger partial charge in [0.15, 0.2) is 0 Å². The fourth-order valence-electron chi connectivity index (χ4n) is 1.52. The van der Waals surface area contributed by atoms with Gasteiger partial charge in [-0.2, -0.15) is 0 Å². The number of alkyl carbamates (subject to hydrolysis) is 1. The molecule has 0 heterocycles. The van der Waals surface area contributed by atoms with E-state index in [9.17, 15) is 19.2 Å². The second-order valence-corrected chi connectivity index (χ2v) is 4.82. The lowest BCUT2D eigenvalue weighted by Crippen LogP contribution is -2.45. The number of benzene rings is 1. The number of nitrogens with one attached hydrogen (secondary N) is 3. The van der Waals surface area contributed by atoms with Crippen molar-refractivity contribution in [3.8, 4) is 0 Å². The molecule has 0 aliphatic carbocycles. The molecule has 0 saturated carbocycles. The zero-order valence-electron chi connectivity index (χ0n) is 13.1. The highest BCUT2D eigenvalue weighted by molar-refractivity contribution is 5.89. The van der Waals surface area contributed by atoms with Crippen LogP contribution in [0.2, 0.25) is 0 Å². The Labute approximate surface area is 138 Å². The van der Waals surface area contributed by atoms with E-state index in [4.69, 9.17) is 9.84 Å². The van der Waals surface area contributed by atoms with E-state index in [0.717, 1.165) is 5.56 Å². The zero-order chi connectivity index (χ0) is 17.9. The van der Waals surface area contributed by atoms with Crippen molar-refractivity contribution in [3.63, 3.8) is 0 Å². The van der Waals surface area contributed by atoms with Gasteiger partial charge < -0.3 is 25.8 Å². The summed E-state index contributed by atoms with van der Waals surface area (Å²) < 4.78 is 4.91. The highest BCUT2D eigenvalue weighted by atomic mass is 16.5. The molecule has 4 N–H and O–H groups in total. The van der Waals surface area contributed by atoms with Gasteiger partial charge in [-0.25, -0.2) is 4.79 Å². The van der Waals surface area contributed by atoms with Crippen LogP contribution in [0.5, 0.6) is 0 Å². The monoisotopic (exact) mass is 337 g/mol. The Bertz CT molecular complexity index is 590. The third kappa shape index (κ3) is 7.78. The van der Waals surface area contributed by atoms with Crippen molar-refractivity contribution >= 4 is 23.9 Å². The van der Waals surface area contributed by atoms with E-state index in [1.54, 1.807) is 24.3 Å². The molecule has 3 amide bonds. The Morgan fingerprint density at radius 3 is 2.29 bits per heavy atom. The average molecular weight is 337 g/mol. The molecular weight excluding hydrogens is 318 g/mol. The molecule has 1 aromatic rings. The molecule has 0 aromatic heterocycles. The van der Waals surface area contributed by atoms with Crippen LogP contribution in [0.1, 0.15) is 12.5 Å². The van der Waals surface area contributed by atoms with E-state index < -0.39 is 36.5 Å². The Hall–Kier alpha value is -3.10. The smallest absolute Gasteiger partial charge is 0.407 e. The third-order valence-electron chi connectivity index (χ3n) is 2.80. The first-order valence-corrected chi connectivity index (χ1v) is 7.12. The summed E-state index contributed by atoms with van der Waals surface area (Å²) in [5.41, 5.74) is 0.807. The van der Waals surface area contributed by atoms with Crippen molar-refractivity contribution in [2.75, 3.05) is 13.1 Å². The van der Waals surface area contributed by atoms with Crippen molar-refractivity contribution < 1.29 is 29.0 Å². The topological polar surface area (TPSA) is 134 Å². The molecule has 0 unspecified atom stereocenters. The summed E-state index contributed by atoms with van der Waals surface area (Å²) in [6, 6.07) is 7.97. The first-order valence-electron chi connectivity index (χ1n) is 7.12. The van der Waals surface area contributed by atoms with Gasteiger partial charge in [-0.1, -0.05) is 30.3 Å². The van der Waals surface area contributed by atoms with E-state index >= 15 is 0 Å². The normalized spacial score (nSPS) is 11.0. The van der Waals surface area contributed by atoms with Crippen LogP contribution in [-0.2, 0) is 25.7 Å². The predicted molar refractivity (Wildman–Crippen MR) is 82.9 cm³/mol. The van der Waals surface area contributed by atoms with Crippen molar-refractivity contribution in [2.45, 2.75) is 19.6 Å². The van der Waals surface area contributed by atoms with Gasteiger partial charge in [0.05, 0.1) is 6.54 Å². The fraction of sp³-hybridized carbons (Fsp3) is 0.333. The van der Waals surface area contributed by atoms with E-state index in [0.29, 0.717) is 0 Å². The molecule has 0 aliphatic heterocycles. The quantitative estimate of drug-likeness (QED) is 0.511. The van der Waals surface area contributed by atoms with Gasteiger partial charge in [0.1, 0.15) is 19.2 Å². The molecule has 0 radical (unpaired) electrons. The Balaban J connectivity index is 2.17. The lowest BCUT2D eigenvalue weighted by Gasteiger charge is -2.10. The summed E-state index contributed by atoms with van der Waals surface area (Å²) in [6.07, 6.45) is -0.766. The van der Waals surface area contributed by atoms with Crippen LogP contribution < -0.4 is 16.0 Å². The van der Waals surface area contributed by atoms with Crippen LogP contribution in [0, 0.1) is 0 Å². The van der Waals surface area contributed by atoms with Gasteiger partial charge >= 0.3 is 12.1 Å². The van der Waals surface area contributed by atoms with Gasteiger partial charge in [-0.3, -0.25) is 14.4 Å². The lowest BCUT2D eigenvalue weighted by atomic mass is 10.2. The minimum atomic E-state index is -1.18. The largest absolute Gasteiger partial charge is 0.480 e. The van der Waals surface area contributed by atoms with Gasteiger partial charge in [0, 0.05) is 0 Å². The van der Waals surface area contributed by atoms with Gasteiger partial charge in [-0.15, -0.1) is 0 Å². The summed E-state index contributed by atoms with van der Waals surface area (Å²) in [6.45, 7) is 0.614. The van der Waals surface area contributed by atoms with E-state index in [1.807, 2.05) is 6.07 Å². The van der Waals surface area contributed by atoms with Crippen LogP contribution >= 0.6 is 0 Å². The molecule has 1 aromatic carbocycles. The standard InChI is InChI=1S/C15H19N3O6/c1-10(14(21)22)18-13(20)8-16-12(19)7-17-15(23)24-9-11-5-3-2-4-6-11/h2-6,10H,7-9H2,1H3,(H,16,19)(H,17,23)(H,18,20)(H,21,22)/t10-/m0/s1. The Morgan fingerprint density at radius 2 is 1.67 bits per heavy atom. The minimum Gasteiger partial charge on any atom is -0.480 e. The van der Waals surface area contributed by atoms with Crippen LogP contribution in [0.3, 0.4) is 0 Å². The summed E-state index contributed by atoms with van der Waals surface area (Å²) >= 11 is 0. The number of hydrogen-bond donors (Lipinski definition) is 4. The first-order chi connectivity index (χ1) is 11.4. The molecule has 0 bridgehead atoms. The van der Waals surface area contributed by atoms with Crippen LogP contribution in [-0.4, -0.2) is 48.1 Å². The van der Waals surface area contributed by atoms with Crippen molar-refractivity contribution in [3.05, 3.63) is 35.9 Å². The SMILES string of the molecule is C[C@H](NC(=O)CNC(=O)CNC(=O)OCc1ccccc1)C(=O)O. The predicted octanol–water partition coefficient (Wildman–Crippen LogP) is -0.382. The average Bonchev–Trinajstić information content (AvgIpc) is 2.57. The zero-order valence-corrected chi connectivity index (χ0v) is 13.1. The lowest BCUT2D eigenvalue weighted by molar-refractivity contribution is -0.141. The molecule has 0 aliphatic rings. The number of carboxylic acids is 1. The number of carbonyl (C=O) groups is 4. The number of carbonyl (C=O) groups excluding carboxylic acids is 3. The van der Waals surface area contributed by atoms with Gasteiger partial charge in [-0.05, 0) is 12.5 Å². The fourth-order valence-corrected chi connectivity index (χ4v) is 1.52. The highest BCUT2D eigenvalue weighted by Gasteiger charge is 2.14. The number of amides is 3. The molecule has 0 saturated heterocycles. The molecule has 130 valence electrons. The molecule has 1 rings (SSSR count). The number of rotatable bonds is 8. The number of aliphatic carboxylic acids is 1. The molecule has 24 heavy (non-hydrogen) atoms. The van der Waals surface area contributed by atoms with Crippen molar-refractivity contribution in [1.82, 2.24) is 16.0 Å². The van der Waals surface area contributed by atoms with E-state index in [1.165, 1.54) is 6.92 Å². The number of carboxylic acid groups (broad SMARTS) is 1. The maximum Gasteiger partial charge on any atom is 0.407 e. The van der Waals surface area contributed by atoms with Crippen LogP contribution in [0.15, 0.2) is 30.3 Å². The molecule has 0 fully saturated rings. The maximum absolute atomic E-state index is 11.5. The van der Waals surface area contributed by atoms with Crippen LogP contribution in [0.4, 0.5) is 4.79 Å². The van der Waals surface area contributed by atoms with E-state index in [-0.39, 0.29) is 13.2 Å². The second kappa shape index (κ2) is 9.82. The van der Waals surface area contributed by atoms with Crippen molar-refractivity contribution in [1.29, 1.82) is 0 Å². The summed E-state index contributed by atoms with van der Waals surface area (Å²) in [5.74, 6) is -2.44.